The maximum absolute atomic E-state index is 13.7. The van der Waals surface area contributed by atoms with Crippen LogP contribution < -0.4 is 20.7 Å². The lowest BCUT2D eigenvalue weighted by atomic mass is 10.1. The summed E-state index contributed by atoms with van der Waals surface area (Å²) in [5.74, 6) is -0.479. The van der Waals surface area contributed by atoms with Gasteiger partial charge in [-0.25, -0.2) is 0 Å². The average molecular weight is 662 g/mol. The van der Waals surface area contributed by atoms with Gasteiger partial charge in [-0.15, -0.1) is 11.8 Å². The van der Waals surface area contributed by atoms with Crippen LogP contribution in [-0.2, 0) is 9.59 Å². The summed E-state index contributed by atoms with van der Waals surface area (Å²) in [6, 6.07) is 37.8. The molecule has 236 valence electrons. The van der Waals surface area contributed by atoms with E-state index in [0.29, 0.717) is 33.3 Å². The van der Waals surface area contributed by atoms with Gasteiger partial charge in [-0.3, -0.25) is 14.4 Å². The van der Waals surface area contributed by atoms with Crippen LogP contribution >= 0.6 is 23.4 Å². The molecule has 0 aliphatic heterocycles. The number of nitrogens with one attached hydrogen (secondary N) is 3. The third-order valence-electron chi connectivity index (χ3n) is 7.10. The largest absolute Gasteiger partial charge is 0.497 e. The molecule has 1 atom stereocenters. The molecule has 5 aromatic carbocycles. The fourth-order valence-electron chi connectivity index (χ4n) is 4.62. The van der Waals surface area contributed by atoms with E-state index in [2.05, 4.69) is 16.0 Å². The van der Waals surface area contributed by atoms with E-state index in [-0.39, 0.29) is 11.6 Å². The monoisotopic (exact) mass is 661 g/mol. The standard InChI is InChI=1S/C38H32ClN3O4S/c1-25-16-19-29(39)23-33(25)41-38(45)35(27-10-5-3-6-11-27)47-32-15-9-14-30(24-32)40-37(44)34(22-26-17-20-31(46-2)21-18-26)42-36(43)28-12-7-4-8-13-28/h3-24,35H,1-2H3,(H,40,44)(H,41,45)(H,42,43)/b34-22+. The molecule has 9 heteroatoms. The fraction of sp³-hybridized carbons (Fsp3) is 0.0789. The molecule has 0 spiro atoms. The summed E-state index contributed by atoms with van der Waals surface area (Å²) in [5.41, 5.74) is 4.00. The number of rotatable bonds is 11. The highest BCUT2D eigenvalue weighted by atomic mass is 35.5. The number of carbonyl (C=O) groups excluding carboxylic acids is 3. The maximum Gasteiger partial charge on any atom is 0.272 e. The van der Waals surface area contributed by atoms with Crippen LogP contribution in [0.5, 0.6) is 5.75 Å². The Morgan fingerprint density at radius 1 is 0.787 bits per heavy atom. The molecule has 0 radical (unpaired) electrons. The molecule has 3 N–H and O–H groups in total. The highest BCUT2D eigenvalue weighted by Gasteiger charge is 2.23. The van der Waals surface area contributed by atoms with E-state index >= 15 is 0 Å². The van der Waals surface area contributed by atoms with E-state index in [1.807, 2.05) is 55.5 Å². The summed E-state index contributed by atoms with van der Waals surface area (Å²) >= 11 is 7.55. The van der Waals surface area contributed by atoms with Gasteiger partial charge in [-0.05, 0) is 84.3 Å². The number of benzene rings is 5. The molecule has 3 amide bonds. The van der Waals surface area contributed by atoms with Crippen molar-refractivity contribution in [3.63, 3.8) is 0 Å². The molecule has 47 heavy (non-hydrogen) atoms. The van der Waals surface area contributed by atoms with Crippen molar-refractivity contribution in [2.75, 3.05) is 17.7 Å². The van der Waals surface area contributed by atoms with Crippen LogP contribution in [-0.4, -0.2) is 24.8 Å². The molecule has 0 saturated carbocycles. The molecule has 0 aliphatic carbocycles. The van der Waals surface area contributed by atoms with E-state index in [4.69, 9.17) is 16.3 Å². The summed E-state index contributed by atoms with van der Waals surface area (Å²) in [7, 11) is 1.57. The number of aryl methyl sites for hydroxylation is 1. The number of carbonyl (C=O) groups is 3. The minimum Gasteiger partial charge on any atom is -0.497 e. The van der Waals surface area contributed by atoms with Crippen LogP contribution in [0.25, 0.3) is 6.08 Å². The highest BCUT2D eigenvalue weighted by molar-refractivity contribution is 8.00. The average Bonchev–Trinajstić information content (AvgIpc) is 3.09. The van der Waals surface area contributed by atoms with Crippen LogP contribution in [0.1, 0.15) is 32.3 Å². The minimum absolute atomic E-state index is 0.0560. The molecule has 0 aromatic heterocycles. The van der Waals surface area contributed by atoms with Crippen molar-refractivity contribution in [3.8, 4) is 5.75 Å². The first-order chi connectivity index (χ1) is 22.8. The number of ether oxygens (including phenoxy) is 1. The van der Waals surface area contributed by atoms with Gasteiger partial charge in [-0.2, -0.15) is 0 Å². The molecule has 0 bridgehead atoms. The first-order valence-corrected chi connectivity index (χ1v) is 16.0. The molecule has 7 nitrogen and oxygen atoms in total. The quantitative estimate of drug-likeness (QED) is 0.0974. The number of hydrogen-bond donors (Lipinski definition) is 3. The molecule has 0 saturated heterocycles. The molecule has 1 unspecified atom stereocenters. The second kappa shape index (κ2) is 15.8. The van der Waals surface area contributed by atoms with Crippen molar-refractivity contribution in [2.24, 2.45) is 0 Å². The Hall–Kier alpha value is -5.31. The Balaban J connectivity index is 1.38. The van der Waals surface area contributed by atoms with E-state index in [9.17, 15) is 14.4 Å². The van der Waals surface area contributed by atoms with E-state index < -0.39 is 17.1 Å². The van der Waals surface area contributed by atoms with Crippen molar-refractivity contribution in [2.45, 2.75) is 17.1 Å². The first kappa shape index (κ1) is 33.1. The van der Waals surface area contributed by atoms with E-state index in [1.165, 1.54) is 11.8 Å². The van der Waals surface area contributed by atoms with Gasteiger partial charge in [0.2, 0.25) is 5.91 Å². The number of amides is 3. The van der Waals surface area contributed by atoms with Gasteiger partial charge in [0.1, 0.15) is 16.7 Å². The van der Waals surface area contributed by atoms with Crippen molar-refractivity contribution >= 4 is 58.5 Å². The Morgan fingerprint density at radius 3 is 2.19 bits per heavy atom. The van der Waals surface area contributed by atoms with Crippen molar-refractivity contribution in [3.05, 3.63) is 160 Å². The predicted molar refractivity (Wildman–Crippen MR) is 190 cm³/mol. The smallest absolute Gasteiger partial charge is 0.272 e. The molecule has 0 fully saturated rings. The Labute approximate surface area is 283 Å². The molecule has 0 aliphatic rings. The lowest BCUT2D eigenvalue weighted by molar-refractivity contribution is -0.116. The minimum atomic E-state index is -0.601. The Morgan fingerprint density at radius 2 is 1.49 bits per heavy atom. The van der Waals surface area contributed by atoms with Crippen LogP contribution in [0.15, 0.2) is 138 Å². The van der Waals surface area contributed by atoms with Gasteiger partial charge < -0.3 is 20.7 Å². The third kappa shape index (κ3) is 9.13. The Kier molecular flexibility index (Phi) is 11.1. The lowest BCUT2D eigenvalue weighted by Crippen LogP contribution is -2.30. The van der Waals surface area contributed by atoms with Crippen LogP contribution in [0.4, 0.5) is 11.4 Å². The van der Waals surface area contributed by atoms with Gasteiger partial charge in [0.25, 0.3) is 11.8 Å². The van der Waals surface area contributed by atoms with Gasteiger partial charge in [0.15, 0.2) is 0 Å². The third-order valence-corrected chi connectivity index (χ3v) is 8.58. The number of hydrogen-bond acceptors (Lipinski definition) is 5. The number of methoxy groups -OCH3 is 1. The molecular formula is C38H32ClN3O4S. The summed E-state index contributed by atoms with van der Waals surface area (Å²) in [6.07, 6.45) is 1.60. The lowest BCUT2D eigenvalue weighted by Gasteiger charge is -2.19. The summed E-state index contributed by atoms with van der Waals surface area (Å²) in [4.78, 5) is 41.1. The van der Waals surface area contributed by atoms with Gasteiger partial charge in [0.05, 0.1) is 7.11 Å². The van der Waals surface area contributed by atoms with E-state index in [0.717, 1.165) is 16.0 Å². The molecule has 0 heterocycles. The zero-order valence-electron chi connectivity index (χ0n) is 25.7. The molecule has 5 aromatic rings. The predicted octanol–water partition coefficient (Wildman–Crippen LogP) is 8.54. The first-order valence-electron chi connectivity index (χ1n) is 14.7. The maximum atomic E-state index is 13.7. The van der Waals surface area contributed by atoms with Gasteiger partial charge >= 0.3 is 0 Å². The van der Waals surface area contributed by atoms with Crippen LogP contribution in [0.2, 0.25) is 5.02 Å². The summed E-state index contributed by atoms with van der Waals surface area (Å²) < 4.78 is 5.24. The summed E-state index contributed by atoms with van der Waals surface area (Å²) in [6.45, 7) is 1.91. The molecule has 5 rings (SSSR count). The van der Waals surface area contributed by atoms with Gasteiger partial charge in [-0.1, -0.05) is 84.4 Å². The highest BCUT2D eigenvalue weighted by Crippen LogP contribution is 2.37. The van der Waals surface area contributed by atoms with Gasteiger partial charge in [0, 0.05) is 26.9 Å². The Bertz CT molecular complexity index is 1900. The van der Waals surface area contributed by atoms with Crippen molar-refractivity contribution in [1.82, 2.24) is 5.32 Å². The van der Waals surface area contributed by atoms with Crippen LogP contribution in [0, 0.1) is 6.92 Å². The zero-order chi connectivity index (χ0) is 33.2. The SMILES string of the molecule is COc1ccc(/C=C(/NC(=O)c2ccccc2)C(=O)Nc2cccc(SC(C(=O)Nc3cc(Cl)ccc3C)c3ccccc3)c2)cc1. The molecular weight excluding hydrogens is 630 g/mol. The van der Waals surface area contributed by atoms with E-state index in [1.54, 1.807) is 92.0 Å². The zero-order valence-corrected chi connectivity index (χ0v) is 27.3. The fourth-order valence-corrected chi connectivity index (χ4v) is 5.87. The van der Waals surface area contributed by atoms with Crippen molar-refractivity contribution < 1.29 is 19.1 Å². The van der Waals surface area contributed by atoms with Crippen LogP contribution in [0.3, 0.4) is 0 Å². The number of anilines is 2. The second-order valence-corrected chi connectivity index (χ2v) is 12.1. The topological polar surface area (TPSA) is 96.5 Å². The summed E-state index contributed by atoms with van der Waals surface area (Å²) in [5, 5.41) is 8.61. The van der Waals surface area contributed by atoms with Crippen molar-refractivity contribution in [1.29, 1.82) is 0 Å². The second-order valence-electron chi connectivity index (χ2n) is 10.5. The number of thioether (sulfide) groups is 1. The number of halogens is 1. The normalized spacial score (nSPS) is 11.7.